The van der Waals surface area contributed by atoms with Gasteiger partial charge in [0.1, 0.15) is 0 Å². The van der Waals surface area contributed by atoms with Crippen molar-refractivity contribution in [1.82, 2.24) is 0 Å². The second kappa shape index (κ2) is 5.03. The second-order valence-corrected chi connectivity index (χ2v) is 3.98. The number of nitrogens with zero attached hydrogens (tertiary/aromatic N) is 1. The third-order valence-corrected chi connectivity index (χ3v) is 2.55. The molecule has 0 bridgehead atoms. The van der Waals surface area contributed by atoms with Gasteiger partial charge >= 0.3 is 5.97 Å². The Morgan fingerprint density at radius 1 is 1.53 bits per heavy atom. The fraction of sp³-hybridized carbons (Fsp3) is 0.364. The Kier molecular flexibility index (Phi) is 3.97. The van der Waals surface area contributed by atoms with Crippen molar-refractivity contribution in [3.63, 3.8) is 0 Å². The number of carbonyl (C=O) groups is 1. The van der Waals surface area contributed by atoms with Gasteiger partial charge in [-0.05, 0) is 12.1 Å². The highest BCUT2D eigenvalue weighted by Crippen LogP contribution is 2.24. The van der Waals surface area contributed by atoms with Crippen LogP contribution < -0.4 is 4.90 Å². The molecule has 1 atom stereocenters. The standard InChI is InChI=1S/C11H14ClNO2/c1-8(11(14)15)7-13(2)10-6-4-3-5-9(10)12/h3-6,8H,7H2,1-2H3,(H,14,15). The number of carboxylic acid groups (broad SMARTS) is 1. The molecule has 0 amide bonds. The Bertz CT molecular complexity index is 354. The molecule has 0 aromatic heterocycles. The number of hydrogen-bond donors (Lipinski definition) is 1. The highest BCUT2D eigenvalue weighted by molar-refractivity contribution is 6.33. The molecule has 15 heavy (non-hydrogen) atoms. The normalized spacial score (nSPS) is 12.2. The van der Waals surface area contributed by atoms with Crippen molar-refractivity contribution < 1.29 is 9.90 Å². The molecule has 4 heteroatoms. The SMILES string of the molecule is CC(CN(C)c1ccccc1Cl)C(=O)O. The molecule has 0 aliphatic rings. The monoisotopic (exact) mass is 227 g/mol. The van der Waals surface area contributed by atoms with Crippen molar-refractivity contribution in [1.29, 1.82) is 0 Å². The van der Waals surface area contributed by atoms with Gasteiger partial charge in [0.2, 0.25) is 0 Å². The van der Waals surface area contributed by atoms with Crippen LogP contribution in [0.1, 0.15) is 6.92 Å². The van der Waals surface area contributed by atoms with Crippen molar-refractivity contribution in [2.45, 2.75) is 6.92 Å². The highest BCUT2D eigenvalue weighted by atomic mass is 35.5. The maximum atomic E-state index is 10.7. The van der Waals surface area contributed by atoms with Crippen LogP contribution in [-0.2, 0) is 4.79 Å². The van der Waals surface area contributed by atoms with Gasteiger partial charge in [-0.15, -0.1) is 0 Å². The van der Waals surface area contributed by atoms with E-state index in [9.17, 15) is 4.79 Å². The summed E-state index contributed by atoms with van der Waals surface area (Å²) in [7, 11) is 1.83. The summed E-state index contributed by atoms with van der Waals surface area (Å²) in [6.45, 7) is 2.12. The van der Waals surface area contributed by atoms with Crippen LogP contribution in [0.25, 0.3) is 0 Å². The summed E-state index contributed by atoms with van der Waals surface area (Å²) in [6.07, 6.45) is 0. The van der Waals surface area contributed by atoms with Crippen molar-refractivity contribution in [2.75, 3.05) is 18.5 Å². The maximum absolute atomic E-state index is 10.7. The molecule has 0 radical (unpaired) electrons. The summed E-state index contributed by atoms with van der Waals surface area (Å²) < 4.78 is 0. The van der Waals surface area contributed by atoms with E-state index in [0.29, 0.717) is 11.6 Å². The lowest BCUT2D eigenvalue weighted by atomic mass is 10.1. The molecule has 1 unspecified atom stereocenters. The van der Waals surface area contributed by atoms with Gasteiger partial charge in [0.05, 0.1) is 16.6 Å². The number of carboxylic acids is 1. The van der Waals surface area contributed by atoms with Gasteiger partial charge < -0.3 is 10.0 Å². The summed E-state index contributed by atoms with van der Waals surface area (Å²) in [4.78, 5) is 12.5. The summed E-state index contributed by atoms with van der Waals surface area (Å²) in [5.41, 5.74) is 0.854. The van der Waals surface area contributed by atoms with E-state index in [1.54, 1.807) is 13.0 Å². The zero-order valence-corrected chi connectivity index (χ0v) is 9.53. The van der Waals surface area contributed by atoms with Crippen LogP contribution in [0.15, 0.2) is 24.3 Å². The molecule has 0 fully saturated rings. The number of para-hydroxylation sites is 1. The molecule has 0 aliphatic carbocycles. The molecule has 3 nitrogen and oxygen atoms in total. The molecule has 0 saturated heterocycles. The topological polar surface area (TPSA) is 40.5 Å². The van der Waals surface area contributed by atoms with E-state index in [2.05, 4.69) is 0 Å². The van der Waals surface area contributed by atoms with E-state index in [-0.39, 0.29) is 0 Å². The molecule has 82 valence electrons. The van der Waals surface area contributed by atoms with Gasteiger partial charge in [0.25, 0.3) is 0 Å². The second-order valence-electron chi connectivity index (χ2n) is 3.57. The Morgan fingerprint density at radius 3 is 2.67 bits per heavy atom. The fourth-order valence-corrected chi connectivity index (χ4v) is 1.63. The minimum Gasteiger partial charge on any atom is -0.481 e. The smallest absolute Gasteiger partial charge is 0.308 e. The van der Waals surface area contributed by atoms with Crippen molar-refractivity contribution >= 4 is 23.3 Å². The fourth-order valence-electron chi connectivity index (χ4n) is 1.35. The van der Waals surface area contributed by atoms with Crippen molar-refractivity contribution in [2.24, 2.45) is 5.92 Å². The summed E-state index contributed by atoms with van der Waals surface area (Å²) in [6, 6.07) is 7.39. The predicted molar refractivity (Wildman–Crippen MR) is 61.5 cm³/mol. The zero-order valence-electron chi connectivity index (χ0n) is 8.77. The molecule has 1 N–H and O–H groups in total. The van der Waals surface area contributed by atoms with Gasteiger partial charge in [-0.3, -0.25) is 4.79 Å². The lowest BCUT2D eigenvalue weighted by molar-refractivity contribution is -0.140. The molecule has 0 aliphatic heterocycles. The largest absolute Gasteiger partial charge is 0.481 e. The van der Waals surface area contributed by atoms with Crippen molar-refractivity contribution in [3.8, 4) is 0 Å². The predicted octanol–water partition coefficient (Wildman–Crippen LogP) is 2.50. The molecular weight excluding hydrogens is 214 g/mol. The Morgan fingerprint density at radius 2 is 2.13 bits per heavy atom. The van der Waals surface area contributed by atoms with E-state index < -0.39 is 11.9 Å². The molecule has 1 aromatic carbocycles. The number of aliphatic carboxylic acids is 1. The van der Waals surface area contributed by atoms with Crippen LogP contribution in [0.2, 0.25) is 5.02 Å². The first kappa shape index (κ1) is 11.9. The van der Waals surface area contributed by atoms with Gasteiger partial charge in [0, 0.05) is 13.6 Å². The Hall–Kier alpha value is -1.22. The summed E-state index contributed by atoms with van der Waals surface area (Å²) >= 11 is 5.99. The molecule has 1 aromatic rings. The van der Waals surface area contributed by atoms with Gasteiger partial charge in [-0.25, -0.2) is 0 Å². The minimum atomic E-state index is -0.797. The third kappa shape index (κ3) is 3.13. The lowest BCUT2D eigenvalue weighted by Gasteiger charge is -2.22. The van der Waals surface area contributed by atoms with Gasteiger partial charge in [-0.1, -0.05) is 30.7 Å². The average Bonchev–Trinajstić information content (AvgIpc) is 2.18. The van der Waals surface area contributed by atoms with Crippen LogP contribution in [0, 0.1) is 5.92 Å². The summed E-state index contributed by atoms with van der Waals surface area (Å²) in [5, 5.41) is 9.42. The number of benzene rings is 1. The van der Waals surface area contributed by atoms with E-state index in [1.165, 1.54) is 0 Å². The van der Waals surface area contributed by atoms with Gasteiger partial charge in [0.15, 0.2) is 0 Å². The Labute approximate surface area is 94.3 Å². The zero-order chi connectivity index (χ0) is 11.4. The van der Waals surface area contributed by atoms with E-state index in [0.717, 1.165) is 5.69 Å². The van der Waals surface area contributed by atoms with Crippen LogP contribution >= 0.6 is 11.6 Å². The highest BCUT2D eigenvalue weighted by Gasteiger charge is 2.14. The first-order chi connectivity index (χ1) is 7.02. The van der Waals surface area contributed by atoms with Crippen LogP contribution in [0.4, 0.5) is 5.69 Å². The number of halogens is 1. The maximum Gasteiger partial charge on any atom is 0.308 e. The quantitative estimate of drug-likeness (QED) is 0.859. The lowest BCUT2D eigenvalue weighted by Crippen LogP contribution is -2.28. The van der Waals surface area contributed by atoms with Crippen LogP contribution in [-0.4, -0.2) is 24.7 Å². The third-order valence-electron chi connectivity index (χ3n) is 2.23. The molecule has 0 heterocycles. The molecule has 0 saturated carbocycles. The molecule has 1 rings (SSSR count). The van der Waals surface area contributed by atoms with E-state index >= 15 is 0 Å². The molecule has 0 spiro atoms. The van der Waals surface area contributed by atoms with Crippen LogP contribution in [0.3, 0.4) is 0 Å². The number of hydrogen-bond acceptors (Lipinski definition) is 2. The number of anilines is 1. The average molecular weight is 228 g/mol. The van der Waals surface area contributed by atoms with E-state index in [4.69, 9.17) is 16.7 Å². The Balaban J connectivity index is 2.73. The first-order valence-electron chi connectivity index (χ1n) is 4.71. The summed E-state index contributed by atoms with van der Waals surface area (Å²) in [5.74, 6) is -1.21. The minimum absolute atomic E-state index is 0.411. The van der Waals surface area contributed by atoms with Gasteiger partial charge in [-0.2, -0.15) is 0 Å². The van der Waals surface area contributed by atoms with Crippen molar-refractivity contribution in [3.05, 3.63) is 29.3 Å². The van der Waals surface area contributed by atoms with Crippen LogP contribution in [0.5, 0.6) is 0 Å². The van der Waals surface area contributed by atoms with E-state index in [1.807, 2.05) is 30.1 Å². The first-order valence-corrected chi connectivity index (χ1v) is 5.08. The molecular formula is C11H14ClNO2. The number of rotatable bonds is 4.